The Morgan fingerprint density at radius 3 is 2.38 bits per heavy atom. The number of furan rings is 1. The zero-order valence-electron chi connectivity index (χ0n) is 17.0. The molecule has 0 spiro atoms. The van der Waals surface area contributed by atoms with Crippen molar-refractivity contribution in [2.45, 2.75) is 24.1 Å². The first-order valence-corrected chi connectivity index (χ1v) is 11.2. The summed E-state index contributed by atoms with van der Waals surface area (Å²) in [5, 5.41) is 0. The van der Waals surface area contributed by atoms with Crippen molar-refractivity contribution in [3.8, 4) is 0 Å². The number of benzene rings is 2. The molecular weight excluding hydrogens is 443 g/mol. The van der Waals surface area contributed by atoms with Crippen LogP contribution >= 0.6 is 0 Å². The van der Waals surface area contributed by atoms with Crippen molar-refractivity contribution in [1.29, 1.82) is 0 Å². The fraction of sp³-hybridized carbons (Fsp3) is 0.217. The highest BCUT2D eigenvalue weighted by Crippen LogP contribution is 2.42. The lowest BCUT2D eigenvalue weighted by atomic mass is 10.1. The van der Waals surface area contributed by atoms with Crippen molar-refractivity contribution in [3.63, 3.8) is 0 Å². The van der Waals surface area contributed by atoms with Gasteiger partial charge in [-0.15, -0.1) is 0 Å². The smallest absolute Gasteiger partial charge is 0.418 e. The van der Waals surface area contributed by atoms with Crippen molar-refractivity contribution >= 4 is 21.3 Å². The first-order chi connectivity index (χ1) is 15.2. The number of nitrogens with zero attached hydrogens (tertiary/aromatic N) is 1. The molecule has 0 N–H and O–H groups in total. The van der Waals surface area contributed by atoms with E-state index in [0.717, 1.165) is 9.87 Å². The van der Waals surface area contributed by atoms with E-state index in [2.05, 4.69) is 0 Å². The van der Waals surface area contributed by atoms with Crippen LogP contribution in [0.4, 0.5) is 18.9 Å². The summed E-state index contributed by atoms with van der Waals surface area (Å²) in [5.74, 6) is 0.310. The van der Waals surface area contributed by atoms with Crippen LogP contribution in [-0.4, -0.2) is 27.7 Å². The van der Waals surface area contributed by atoms with Crippen molar-refractivity contribution in [2.24, 2.45) is 0 Å². The van der Waals surface area contributed by atoms with Crippen molar-refractivity contribution in [2.75, 3.05) is 17.5 Å². The average Bonchev–Trinajstić information content (AvgIpc) is 3.29. The number of ether oxygens (including phenoxy) is 1. The Hall–Kier alpha value is -3.04. The molecule has 1 aromatic heterocycles. The molecule has 0 aliphatic carbocycles. The number of sulfonamides is 1. The molecule has 5 nitrogen and oxygen atoms in total. The largest absolute Gasteiger partial charge is 0.465 e. The van der Waals surface area contributed by atoms with Gasteiger partial charge in [0, 0.05) is 11.1 Å². The van der Waals surface area contributed by atoms with Gasteiger partial charge in [-0.1, -0.05) is 42.0 Å². The maximum absolute atomic E-state index is 14.0. The number of fused-ring (bicyclic) bond motifs is 1. The third-order valence-electron chi connectivity index (χ3n) is 5.14. The zero-order chi connectivity index (χ0) is 22.9. The van der Waals surface area contributed by atoms with Gasteiger partial charge in [0.25, 0.3) is 10.0 Å². The first-order valence-electron chi connectivity index (χ1n) is 9.77. The van der Waals surface area contributed by atoms with E-state index in [4.69, 9.17) is 9.15 Å². The molecule has 2 heterocycles. The van der Waals surface area contributed by atoms with Gasteiger partial charge < -0.3 is 9.15 Å². The molecule has 168 valence electrons. The molecule has 4 rings (SSSR count). The molecule has 0 saturated heterocycles. The summed E-state index contributed by atoms with van der Waals surface area (Å²) in [6.07, 6.45) is -4.17. The Morgan fingerprint density at radius 2 is 1.72 bits per heavy atom. The minimum absolute atomic E-state index is 0.0189. The molecule has 0 amide bonds. The zero-order valence-corrected chi connectivity index (χ0v) is 17.9. The molecule has 32 heavy (non-hydrogen) atoms. The number of rotatable bonds is 3. The van der Waals surface area contributed by atoms with E-state index >= 15 is 0 Å². The minimum Gasteiger partial charge on any atom is -0.465 e. The molecule has 0 radical (unpaired) electrons. The minimum atomic E-state index is -4.76. The standard InChI is InChI=1S/C23H20F3NO4S/c1-16-8-10-18(11-9-16)32(28,29)27-13-12-17(21-7-4-14-30-21)15-31-22(23(24,25)26)19-5-2-3-6-20(19)27/h2-12,14,22H,13,15H2,1H3/b17-12+/t22-/m1/s1. The lowest BCUT2D eigenvalue weighted by molar-refractivity contribution is -0.219. The molecular formula is C23H20F3NO4S. The van der Waals surface area contributed by atoms with E-state index in [9.17, 15) is 21.6 Å². The predicted octanol–water partition coefficient (Wildman–Crippen LogP) is 5.50. The summed E-state index contributed by atoms with van der Waals surface area (Å²) in [6.45, 7) is 1.22. The second kappa shape index (κ2) is 8.48. The second-order valence-corrected chi connectivity index (χ2v) is 9.21. The fourth-order valence-corrected chi connectivity index (χ4v) is 4.95. The average molecular weight is 463 g/mol. The molecule has 2 aromatic carbocycles. The topological polar surface area (TPSA) is 59.8 Å². The summed E-state index contributed by atoms with van der Waals surface area (Å²) in [4.78, 5) is -0.0189. The monoisotopic (exact) mass is 463 g/mol. The number of hydrogen-bond acceptors (Lipinski definition) is 4. The summed E-state index contributed by atoms with van der Waals surface area (Å²) < 4.78 is 80.7. The Morgan fingerprint density at radius 1 is 1.00 bits per heavy atom. The maximum Gasteiger partial charge on any atom is 0.418 e. The quantitative estimate of drug-likeness (QED) is 0.515. The van der Waals surface area contributed by atoms with E-state index < -0.39 is 28.9 Å². The van der Waals surface area contributed by atoms with Gasteiger partial charge in [-0.25, -0.2) is 8.42 Å². The van der Waals surface area contributed by atoms with Gasteiger partial charge in [-0.05, 0) is 37.3 Å². The van der Waals surface area contributed by atoms with E-state index in [-0.39, 0.29) is 22.7 Å². The third-order valence-corrected chi connectivity index (χ3v) is 6.93. The molecule has 1 aliphatic heterocycles. The Kier molecular flexibility index (Phi) is 5.87. The molecule has 0 fully saturated rings. The first kappa shape index (κ1) is 22.2. The van der Waals surface area contributed by atoms with Gasteiger partial charge in [0.15, 0.2) is 6.10 Å². The van der Waals surface area contributed by atoms with Gasteiger partial charge in [0.2, 0.25) is 0 Å². The van der Waals surface area contributed by atoms with E-state index in [1.807, 2.05) is 6.92 Å². The molecule has 1 atom stereocenters. The Balaban J connectivity index is 1.90. The number of alkyl halides is 3. The lowest BCUT2D eigenvalue weighted by Crippen LogP contribution is -2.33. The van der Waals surface area contributed by atoms with Crippen LogP contribution < -0.4 is 4.31 Å². The second-order valence-electron chi connectivity index (χ2n) is 7.35. The van der Waals surface area contributed by atoms with E-state index in [1.54, 1.807) is 24.3 Å². The van der Waals surface area contributed by atoms with Crippen LogP contribution in [0.25, 0.3) is 5.57 Å². The van der Waals surface area contributed by atoms with Gasteiger partial charge in [0.1, 0.15) is 5.76 Å². The van der Waals surface area contributed by atoms with Gasteiger partial charge >= 0.3 is 6.18 Å². The van der Waals surface area contributed by atoms with Crippen LogP contribution in [-0.2, 0) is 14.8 Å². The predicted molar refractivity (Wildman–Crippen MR) is 114 cm³/mol. The molecule has 1 aliphatic rings. The van der Waals surface area contributed by atoms with Crippen LogP contribution in [0.1, 0.15) is 23.0 Å². The van der Waals surface area contributed by atoms with Gasteiger partial charge in [-0.3, -0.25) is 4.31 Å². The maximum atomic E-state index is 14.0. The number of halogens is 3. The number of aryl methyl sites for hydroxylation is 1. The highest BCUT2D eigenvalue weighted by molar-refractivity contribution is 7.92. The van der Waals surface area contributed by atoms with E-state index in [1.165, 1.54) is 48.7 Å². The highest BCUT2D eigenvalue weighted by Gasteiger charge is 2.45. The Bertz CT molecular complexity index is 1220. The number of hydrogen-bond donors (Lipinski definition) is 0. The Labute approximate surface area is 183 Å². The van der Waals surface area contributed by atoms with Crippen LogP contribution in [0.15, 0.2) is 82.3 Å². The van der Waals surface area contributed by atoms with Crippen LogP contribution in [0.5, 0.6) is 0 Å². The lowest BCUT2D eigenvalue weighted by Gasteiger charge is -2.28. The molecule has 0 unspecified atom stereocenters. The van der Waals surface area contributed by atoms with Crippen molar-refractivity contribution in [1.82, 2.24) is 0 Å². The van der Waals surface area contributed by atoms with Crippen LogP contribution in [0.3, 0.4) is 0 Å². The summed E-state index contributed by atoms with van der Waals surface area (Å²) in [6, 6.07) is 14.9. The summed E-state index contributed by atoms with van der Waals surface area (Å²) in [5.41, 5.74) is 0.817. The van der Waals surface area contributed by atoms with E-state index in [0.29, 0.717) is 11.3 Å². The highest BCUT2D eigenvalue weighted by atomic mass is 32.2. The molecule has 0 saturated carbocycles. The van der Waals surface area contributed by atoms with Gasteiger partial charge in [-0.2, -0.15) is 13.2 Å². The number of para-hydroxylation sites is 1. The SMILES string of the molecule is Cc1ccc(S(=O)(=O)N2C/C=C(/c3ccco3)CO[C@@H](C(F)(F)F)c3ccccc32)cc1. The third kappa shape index (κ3) is 4.31. The van der Waals surface area contributed by atoms with Gasteiger partial charge in [0.05, 0.1) is 30.0 Å². The molecule has 3 aromatic rings. The fourth-order valence-electron chi connectivity index (χ4n) is 3.52. The number of anilines is 1. The summed E-state index contributed by atoms with van der Waals surface area (Å²) >= 11 is 0. The van der Waals surface area contributed by atoms with Crippen molar-refractivity contribution < 1.29 is 30.7 Å². The summed E-state index contributed by atoms with van der Waals surface area (Å²) in [7, 11) is -4.17. The normalized spacial score (nSPS) is 19.3. The van der Waals surface area contributed by atoms with Crippen molar-refractivity contribution in [3.05, 3.63) is 89.9 Å². The molecule has 0 bridgehead atoms. The molecule has 9 heteroatoms. The van der Waals surface area contributed by atoms with Crippen LogP contribution in [0, 0.1) is 6.92 Å². The van der Waals surface area contributed by atoms with Crippen LogP contribution in [0.2, 0.25) is 0 Å².